The smallest absolute Gasteiger partial charge is 0.410 e. The number of aromatic nitrogens is 1. The van der Waals surface area contributed by atoms with Crippen LogP contribution in [-0.4, -0.2) is 61.5 Å². The standard InChI is InChI=1S/C35H45N5O5/c1-23-20-39(44)21-24(2)30(23)25-12-14-27(15-13-25)36-33(42)31(26-10-8-6-7-9-11-26)37-32(41)29-17-16-28-22-38(18-19-40(28)29)34(43)45-35(3,4)5/h12-17,20-21,26,31,44H,6-11,18-19,22H2,1-5H3,(H,37,41)/t31-/m0/s1. The Bertz CT molecular complexity index is 1490. The maximum absolute atomic E-state index is 13.8. The van der Waals surface area contributed by atoms with Gasteiger partial charge in [0.25, 0.3) is 11.8 Å². The van der Waals surface area contributed by atoms with E-state index in [0.717, 1.165) is 71.6 Å². The maximum Gasteiger partial charge on any atom is 0.410 e. The molecule has 2 aliphatic carbocycles. The highest BCUT2D eigenvalue weighted by Crippen LogP contribution is 2.30. The molecule has 3 heterocycles. The quantitative estimate of drug-likeness (QED) is 0.389. The maximum atomic E-state index is 13.8. The number of nitrogens with zero attached hydrogens (tertiary/aromatic N) is 4. The zero-order chi connectivity index (χ0) is 32.3. The third-order valence-corrected chi connectivity index (χ3v) is 8.66. The second kappa shape index (κ2) is 13.4. The zero-order valence-corrected chi connectivity index (χ0v) is 27.0. The summed E-state index contributed by atoms with van der Waals surface area (Å²) >= 11 is 0. The number of ether oxygens (including phenoxy) is 1. The molecule has 1 aromatic heterocycles. The topological polar surface area (TPSA) is 116 Å². The van der Waals surface area contributed by atoms with Crippen molar-refractivity contribution in [2.24, 2.45) is 10.9 Å². The molecule has 1 saturated carbocycles. The van der Waals surface area contributed by atoms with E-state index in [0.29, 0.717) is 31.0 Å². The van der Waals surface area contributed by atoms with Gasteiger partial charge in [0.1, 0.15) is 17.3 Å². The Kier molecular flexibility index (Phi) is 9.62. The van der Waals surface area contributed by atoms with Crippen LogP contribution >= 0.6 is 0 Å². The fraction of sp³-hybridized carbons (Fsp3) is 0.486. The van der Waals surface area contributed by atoms with Crippen LogP contribution in [0.2, 0.25) is 0 Å². The van der Waals surface area contributed by atoms with Crippen molar-refractivity contribution in [2.75, 3.05) is 6.54 Å². The van der Waals surface area contributed by atoms with Crippen LogP contribution in [0.1, 0.15) is 89.3 Å². The Morgan fingerprint density at radius 1 is 0.956 bits per heavy atom. The third-order valence-electron chi connectivity index (χ3n) is 8.66. The van der Waals surface area contributed by atoms with E-state index in [9.17, 15) is 19.6 Å². The molecule has 3 amide bonds. The first-order valence-electron chi connectivity index (χ1n) is 15.9. The molecule has 1 aromatic rings. The lowest BCUT2D eigenvalue weighted by atomic mass is 9.90. The lowest BCUT2D eigenvalue weighted by Crippen LogP contribution is -2.47. The first kappa shape index (κ1) is 32.2. The molecule has 4 aliphatic rings. The minimum absolute atomic E-state index is 0.00483. The summed E-state index contributed by atoms with van der Waals surface area (Å²) in [5, 5.41) is 14.0. The Labute approximate surface area is 265 Å². The molecule has 0 saturated heterocycles. The van der Waals surface area contributed by atoms with E-state index in [1.165, 1.54) is 0 Å². The van der Waals surface area contributed by atoms with Gasteiger partial charge >= 0.3 is 6.09 Å². The van der Waals surface area contributed by atoms with E-state index >= 15 is 0 Å². The van der Waals surface area contributed by atoms with Crippen LogP contribution in [0, 0.1) is 5.92 Å². The van der Waals surface area contributed by atoms with E-state index in [-0.39, 0.29) is 23.8 Å². The summed E-state index contributed by atoms with van der Waals surface area (Å²) in [6.07, 6.45) is 16.4. The van der Waals surface area contributed by atoms with Gasteiger partial charge in [-0.15, -0.1) is 0 Å². The number of hydrogen-bond donors (Lipinski definition) is 2. The van der Waals surface area contributed by atoms with E-state index in [1.807, 2.05) is 69.6 Å². The van der Waals surface area contributed by atoms with Gasteiger partial charge in [-0.3, -0.25) is 14.8 Å². The number of rotatable bonds is 4. The Hall–Kier alpha value is -4.18. The average molecular weight is 616 g/mol. The van der Waals surface area contributed by atoms with Crippen LogP contribution in [0.3, 0.4) is 0 Å². The second-order valence-electron chi connectivity index (χ2n) is 13.3. The molecule has 10 heteroatoms. The first-order valence-corrected chi connectivity index (χ1v) is 15.9. The third kappa shape index (κ3) is 7.73. The van der Waals surface area contributed by atoms with Gasteiger partial charge in [-0.25, -0.2) is 14.9 Å². The molecular weight excluding hydrogens is 570 g/mol. The van der Waals surface area contributed by atoms with Gasteiger partial charge in [-0.2, -0.15) is 0 Å². The molecule has 5 rings (SSSR count). The molecule has 1 fully saturated rings. The predicted molar refractivity (Wildman–Crippen MR) is 172 cm³/mol. The van der Waals surface area contributed by atoms with Crippen molar-refractivity contribution in [1.82, 2.24) is 19.8 Å². The molecule has 240 valence electrons. The summed E-state index contributed by atoms with van der Waals surface area (Å²) in [5.41, 5.74) is 5.11. The summed E-state index contributed by atoms with van der Waals surface area (Å²) in [5.74, 6) is -0.653. The number of fused-ring (bicyclic) bond motifs is 1. The summed E-state index contributed by atoms with van der Waals surface area (Å²) in [6.45, 7) is 10.6. The van der Waals surface area contributed by atoms with Crippen LogP contribution < -0.4 is 5.32 Å². The van der Waals surface area contributed by atoms with Gasteiger partial charge in [0.15, 0.2) is 0 Å². The normalized spacial score (nSPS) is 19.8. The molecule has 45 heavy (non-hydrogen) atoms. The van der Waals surface area contributed by atoms with Crippen molar-refractivity contribution in [1.29, 1.82) is 0 Å². The van der Waals surface area contributed by atoms with E-state index in [1.54, 1.807) is 23.4 Å². The summed E-state index contributed by atoms with van der Waals surface area (Å²) in [6, 6.07) is 2.89. The van der Waals surface area contributed by atoms with Crippen molar-refractivity contribution in [3.8, 4) is 0 Å². The van der Waals surface area contributed by atoms with Gasteiger partial charge in [0.2, 0.25) is 0 Å². The number of carbonyl (C=O) groups is 3. The van der Waals surface area contributed by atoms with Crippen molar-refractivity contribution in [3.05, 3.63) is 82.5 Å². The fourth-order valence-corrected chi connectivity index (χ4v) is 6.56. The van der Waals surface area contributed by atoms with Crippen LogP contribution in [0.5, 0.6) is 0 Å². The molecule has 2 aliphatic heterocycles. The van der Waals surface area contributed by atoms with Crippen LogP contribution in [0.4, 0.5) is 4.79 Å². The molecule has 1 atom stereocenters. The highest BCUT2D eigenvalue weighted by Gasteiger charge is 2.33. The number of aliphatic imine (C=N–C) groups is 1. The number of nitrogens with one attached hydrogen (secondary N) is 1. The molecular formula is C35H45N5O5. The Morgan fingerprint density at radius 2 is 1.60 bits per heavy atom. The molecule has 0 unspecified atom stereocenters. The van der Waals surface area contributed by atoms with Crippen molar-refractivity contribution in [2.45, 2.75) is 97.9 Å². The molecule has 0 bridgehead atoms. The SMILES string of the molecule is CC1=CN(O)C=C(C)C1=C1C=CC(=NC(=O)[C@@H](NC(=O)c2ccc3n2CCN(C(=O)OC(C)(C)C)C3)C2CCCCCC2)C=C1. The minimum atomic E-state index is -0.734. The molecule has 10 nitrogen and oxygen atoms in total. The van der Waals surface area contributed by atoms with E-state index in [4.69, 9.17) is 4.74 Å². The van der Waals surface area contributed by atoms with Gasteiger partial charge < -0.3 is 19.5 Å². The highest BCUT2D eigenvalue weighted by atomic mass is 16.6. The summed E-state index contributed by atoms with van der Waals surface area (Å²) in [4.78, 5) is 46.2. The molecule has 2 N–H and O–H groups in total. The van der Waals surface area contributed by atoms with Crippen molar-refractivity contribution in [3.63, 3.8) is 0 Å². The van der Waals surface area contributed by atoms with Crippen LogP contribution in [0.15, 0.2) is 76.1 Å². The van der Waals surface area contributed by atoms with Gasteiger partial charge in [-0.1, -0.05) is 37.8 Å². The van der Waals surface area contributed by atoms with Crippen molar-refractivity contribution < 1.29 is 24.3 Å². The summed E-state index contributed by atoms with van der Waals surface area (Å²) < 4.78 is 7.46. The van der Waals surface area contributed by atoms with Crippen LogP contribution in [-0.2, 0) is 22.6 Å². The lowest BCUT2D eigenvalue weighted by molar-refractivity contribution is -0.121. The Balaban J connectivity index is 1.33. The lowest BCUT2D eigenvalue weighted by Gasteiger charge is -2.31. The number of carbonyl (C=O) groups excluding carboxylic acids is 3. The number of hydrogen-bond acceptors (Lipinski definition) is 6. The molecule has 0 aromatic carbocycles. The zero-order valence-electron chi connectivity index (χ0n) is 27.0. The average Bonchev–Trinajstić information content (AvgIpc) is 3.21. The second-order valence-corrected chi connectivity index (χ2v) is 13.3. The minimum Gasteiger partial charge on any atom is -0.444 e. The largest absolute Gasteiger partial charge is 0.444 e. The number of allylic oxidation sites excluding steroid dienone is 8. The number of hydroxylamine groups is 2. The van der Waals surface area contributed by atoms with E-state index < -0.39 is 11.6 Å². The van der Waals surface area contributed by atoms with E-state index in [2.05, 4.69) is 10.3 Å². The highest BCUT2D eigenvalue weighted by molar-refractivity contribution is 6.12. The van der Waals surface area contributed by atoms with Crippen molar-refractivity contribution >= 4 is 23.6 Å². The fourth-order valence-electron chi connectivity index (χ4n) is 6.56. The Morgan fingerprint density at radius 3 is 2.22 bits per heavy atom. The van der Waals surface area contributed by atoms with Crippen LogP contribution in [0.25, 0.3) is 0 Å². The molecule has 0 radical (unpaired) electrons. The predicted octanol–water partition coefficient (Wildman–Crippen LogP) is 6.21. The first-order chi connectivity index (χ1) is 21.4. The van der Waals surface area contributed by atoms with Gasteiger partial charge in [0, 0.05) is 31.2 Å². The monoisotopic (exact) mass is 615 g/mol. The molecule has 0 spiro atoms. The summed E-state index contributed by atoms with van der Waals surface area (Å²) in [7, 11) is 0. The van der Waals surface area contributed by atoms with Gasteiger partial charge in [0.05, 0.1) is 12.3 Å². The van der Waals surface area contributed by atoms with Gasteiger partial charge in [-0.05, 0) is 100.0 Å². The number of amides is 3.